The van der Waals surface area contributed by atoms with Crippen LogP contribution in [0.2, 0.25) is 0 Å². The lowest BCUT2D eigenvalue weighted by Crippen LogP contribution is -2.37. The SMILES string of the molecule is Cc1ccn2cc(C(=O)NCCN3CCCCC3)nc2c1. The summed E-state index contributed by atoms with van der Waals surface area (Å²) >= 11 is 0. The molecule has 0 spiro atoms. The van der Waals surface area contributed by atoms with E-state index in [-0.39, 0.29) is 5.91 Å². The van der Waals surface area contributed by atoms with Crippen molar-refractivity contribution in [2.45, 2.75) is 26.2 Å². The predicted molar refractivity (Wildman–Crippen MR) is 82.6 cm³/mol. The zero-order valence-electron chi connectivity index (χ0n) is 12.5. The molecule has 2 aromatic heterocycles. The van der Waals surface area contributed by atoms with Crippen LogP contribution in [-0.4, -0.2) is 46.4 Å². The number of nitrogens with zero attached hydrogens (tertiary/aromatic N) is 3. The van der Waals surface area contributed by atoms with E-state index in [1.165, 1.54) is 19.3 Å². The van der Waals surface area contributed by atoms with E-state index < -0.39 is 0 Å². The molecule has 5 heteroatoms. The van der Waals surface area contributed by atoms with Crippen molar-refractivity contribution in [1.82, 2.24) is 19.6 Å². The number of likely N-dealkylation sites (tertiary alicyclic amines) is 1. The molecule has 0 atom stereocenters. The summed E-state index contributed by atoms with van der Waals surface area (Å²) in [6.07, 6.45) is 7.61. The number of pyridine rings is 1. The summed E-state index contributed by atoms with van der Waals surface area (Å²) in [5, 5.41) is 2.97. The topological polar surface area (TPSA) is 49.6 Å². The van der Waals surface area contributed by atoms with Crippen LogP contribution in [0.4, 0.5) is 0 Å². The fraction of sp³-hybridized carbons (Fsp3) is 0.500. The molecule has 1 amide bonds. The molecule has 0 aliphatic carbocycles. The van der Waals surface area contributed by atoms with Gasteiger partial charge < -0.3 is 14.6 Å². The summed E-state index contributed by atoms with van der Waals surface area (Å²) in [7, 11) is 0. The monoisotopic (exact) mass is 286 g/mol. The van der Waals surface area contributed by atoms with Crippen molar-refractivity contribution in [3.05, 3.63) is 35.8 Å². The van der Waals surface area contributed by atoms with Gasteiger partial charge in [0.1, 0.15) is 11.3 Å². The molecule has 1 aliphatic rings. The minimum absolute atomic E-state index is 0.0895. The summed E-state index contributed by atoms with van der Waals surface area (Å²) in [4.78, 5) is 18.9. The normalized spacial score (nSPS) is 16.2. The van der Waals surface area contributed by atoms with E-state index in [1.54, 1.807) is 6.20 Å². The maximum absolute atomic E-state index is 12.1. The highest BCUT2D eigenvalue weighted by Gasteiger charge is 2.12. The van der Waals surface area contributed by atoms with E-state index in [2.05, 4.69) is 15.2 Å². The van der Waals surface area contributed by atoms with Crippen molar-refractivity contribution in [1.29, 1.82) is 0 Å². The summed E-state index contributed by atoms with van der Waals surface area (Å²) in [6, 6.07) is 3.98. The molecular formula is C16H22N4O. The van der Waals surface area contributed by atoms with Gasteiger partial charge >= 0.3 is 0 Å². The van der Waals surface area contributed by atoms with Crippen LogP contribution < -0.4 is 5.32 Å². The number of amides is 1. The zero-order chi connectivity index (χ0) is 14.7. The number of imidazole rings is 1. The Bertz CT molecular complexity index is 628. The highest BCUT2D eigenvalue weighted by Crippen LogP contribution is 2.08. The van der Waals surface area contributed by atoms with Gasteiger partial charge in [-0.05, 0) is 50.6 Å². The molecule has 0 bridgehead atoms. The summed E-state index contributed by atoms with van der Waals surface area (Å²) in [5.74, 6) is -0.0895. The van der Waals surface area contributed by atoms with Crippen LogP contribution in [0.15, 0.2) is 24.5 Å². The average molecular weight is 286 g/mol. The molecule has 3 heterocycles. The van der Waals surface area contributed by atoms with Gasteiger partial charge in [0.25, 0.3) is 5.91 Å². The largest absolute Gasteiger partial charge is 0.349 e. The smallest absolute Gasteiger partial charge is 0.271 e. The van der Waals surface area contributed by atoms with Crippen LogP contribution in [0.3, 0.4) is 0 Å². The first-order valence-corrected chi connectivity index (χ1v) is 7.68. The van der Waals surface area contributed by atoms with Crippen LogP contribution in [-0.2, 0) is 0 Å². The highest BCUT2D eigenvalue weighted by atomic mass is 16.1. The summed E-state index contributed by atoms with van der Waals surface area (Å²) in [6.45, 7) is 5.95. The van der Waals surface area contributed by atoms with Gasteiger partial charge in [-0.3, -0.25) is 4.79 Å². The van der Waals surface area contributed by atoms with E-state index in [9.17, 15) is 4.79 Å². The number of piperidine rings is 1. The van der Waals surface area contributed by atoms with Crippen molar-refractivity contribution in [2.24, 2.45) is 0 Å². The van der Waals surface area contributed by atoms with Gasteiger partial charge in [0.2, 0.25) is 0 Å². The Morgan fingerprint density at radius 3 is 2.95 bits per heavy atom. The summed E-state index contributed by atoms with van der Waals surface area (Å²) in [5.41, 5.74) is 2.44. The number of rotatable bonds is 4. The van der Waals surface area contributed by atoms with Crippen molar-refractivity contribution in [2.75, 3.05) is 26.2 Å². The number of hydrogen-bond acceptors (Lipinski definition) is 3. The van der Waals surface area contributed by atoms with E-state index in [1.807, 2.05) is 29.7 Å². The Labute approximate surface area is 125 Å². The van der Waals surface area contributed by atoms with Gasteiger partial charge in [0.15, 0.2) is 0 Å². The number of aromatic nitrogens is 2. The van der Waals surface area contributed by atoms with Crippen molar-refractivity contribution in [3.8, 4) is 0 Å². The second-order valence-electron chi connectivity index (χ2n) is 5.75. The maximum atomic E-state index is 12.1. The van der Waals surface area contributed by atoms with E-state index in [0.717, 1.165) is 30.8 Å². The third-order valence-corrected chi connectivity index (χ3v) is 4.01. The number of nitrogens with one attached hydrogen (secondary N) is 1. The molecule has 1 N–H and O–H groups in total. The number of fused-ring (bicyclic) bond motifs is 1. The minimum Gasteiger partial charge on any atom is -0.349 e. The Morgan fingerprint density at radius 2 is 2.14 bits per heavy atom. The fourth-order valence-corrected chi connectivity index (χ4v) is 2.79. The second kappa shape index (κ2) is 6.26. The molecule has 112 valence electrons. The second-order valence-corrected chi connectivity index (χ2v) is 5.75. The molecule has 2 aromatic rings. The third-order valence-electron chi connectivity index (χ3n) is 4.01. The van der Waals surface area contributed by atoms with Gasteiger partial charge in [-0.1, -0.05) is 6.42 Å². The lowest BCUT2D eigenvalue weighted by Gasteiger charge is -2.26. The van der Waals surface area contributed by atoms with Gasteiger partial charge in [0.05, 0.1) is 0 Å². The lowest BCUT2D eigenvalue weighted by atomic mass is 10.1. The number of carbonyl (C=O) groups excluding carboxylic acids is 1. The van der Waals surface area contributed by atoms with Gasteiger partial charge in [0, 0.05) is 25.5 Å². The third kappa shape index (κ3) is 3.42. The first kappa shape index (κ1) is 14.1. The minimum atomic E-state index is -0.0895. The fourth-order valence-electron chi connectivity index (χ4n) is 2.79. The van der Waals surface area contributed by atoms with Crippen LogP contribution in [0.25, 0.3) is 5.65 Å². The van der Waals surface area contributed by atoms with Crippen LogP contribution in [0, 0.1) is 6.92 Å². The predicted octanol–water partition coefficient (Wildman–Crippen LogP) is 1.86. The average Bonchev–Trinajstić information content (AvgIpc) is 2.91. The number of carbonyl (C=O) groups is 1. The Balaban J connectivity index is 1.56. The van der Waals surface area contributed by atoms with Crippen molar-refractivity contribution in [3.63, 3.8) is 0 Å². The molecular weight excluding hydrogens is 264 g/mol. The Hall–Kier alpha value is -1.88. The number of hydrogen-bond donors (Lipinski definition) is 1. The number of aryl methyl sites for hydroxylation is 1. The molecule has 1 fully saturated rings. The Kier molecular flexibility index (Phi) is 4.20. The van der Waals surface area contributed by atoms with Crippen LogP contribution >= 0.6 is 0 Å². The molecule has 5 nitrogen and oxygen atoms in total. The lowest BCUT2D eigenvalue weighted by molar-refractivity contribution is 0.0942. The van der Waals surface area contributed by atoms with Gasteiger partial charge in [-0.2, -0.15) is 0 Å². The van der Waals surface area contributed by atoms with Crippen LogP contribution in [0.1, 0.15) is 35.3 Å². The first-order chi connectivity index (χ1) is 10.2. The van der Waals surface area contributed by atoms with Crippen molar-refractivity contribution < 1.29 is 4.79 Å². The molecule has 0 radical (unpaired) electrons. The molecule has 0 aromatic carbocycles. The Morgan fingerprint density at radius 1 is 1.33 bits per heavy atom. The van der Waals surface area contributed by atoms with E-state index in [0.29, 0.717) is 12.2 Å². The molecule has 1 aliphatic heterocycles. The van der Waals surface area contributed by atoms with Crippen LogP contribution in [0.5, 0.6) is 0 Å². The van der Waals surface area contributed by atoms with Gasteiger partial charge in [-0.25, -0.2) is 4.98 Å². The zero-order valence-corrected chi connectivity index (χ0v) is 12.5. The molecule has 0 saturated carbocycles. The summed E-state index contributed by atoms with van der Waals surface area (Å²) < 4.78 is 1.88. The molecule has 1 saturated heterocycles. The molecule has 21 heavy (non-hydrogen) atoms. The molecule has 3 rings (SSSR count). The maximum Gasteiger partial charge on any atom is 0.271 e. The first-order valence-electron chi connectivity index (χ1n) is 7.68. The van der Waals surface area contributed by atoms with Gasteiger partial charge in [-0.15, -0.1) is 0 Å². The van der Waals surface area contributed by atoms with E-state index in [4.69, 9.17) is 0 Å². The highest BCUT2D eigenvalue weighted by molar-refractivity contribution is 5.92. The van der Waals surface area contributed by atoms with E-state index >= 15 is 0 Å². The standard InChI is InChI=1S/C16H22N4O/c1-13-5-9-20-12-14(18-15(20)11-13)16(21)17-6-10-19-7-3-2-4-8-19/h5,9,11-12H,2-4,6-8,10H2,1H3,(H,17,21). The van der Waals surface area contributed by atoms with Crippen molar-refractivity contribution >= 4 is 11.6 Å². The molecule has 0 unspecified atom stereocenters. The quantitative estimate of drug-likeness (QED) is 0.933.